The Labute approximate surface area is 165 Å². The van der Waals surface area contributed by atoms with Crippen LogP contribution >= 0.6 is 0 Å². The van der Waals surface area contributed by atoms with Gasteiger partial charge in [-0.3, -0.25) is 4.79 Å². The van der Waals surface area contributed by atoms with E-state index < -0.39 is 15.9 Å². The Morgan fingerprint density at radius 3 is 2.52 bits per heavy atom. The number of amides is 1. The summed E-state index contributed by atoms with van der Waals surface area (Å²) in [5.74, 6) is -0.820. The van der Waals surface area contributed by atoms with Crippen molar-refractivity contribution in [3.63, 3.8) is 0 Å². The Morgan fingerprint density at radius 2 is 1.83 bits per heavy atom. The highest BCUT2D eigenvalue weighted by Gasteiger charge is 2.19. The first kappa shape index (κ1) is 18.9. The molecule has 3 N–H and O–H groups in total. The number of rotatable bonds is 5. The van der Waals surface area contributed by atoms with Crippen molar-refractivity contribution in [3.8, 4) is 0 Å². The molecular weight excluding hydrogens is 397 g/mol. The number of nitrogens with two attached hydrogens (primary N) is 1. The second-order valence-corrected chi connectivity index (χ2v) is 7.96. The molecule has 148 valence electrons. The molecule has 0 aliphatic rings. The number of hydrogen-bond acceptors (Lipinski definition) is 4. The molecule has 0 saturated carbocycles. The lowest BCUT2D eigenvalue weighted by Gasteiger charge is -2.11. The molecule has 0 bridgehead atoms. The van der Waals surface area contributed by atoms with Crippen LogP contribution in [0.4, 0.5) is 10.1 Å². The highest BCUT2D eigenvalue weighted by atomic mass is 32.2. The lowest BCUT2D eigenvalue weighted by molar-refractivity contribution is 0.101. The molecule has 0 saturated heterocycles. The molecule has 2 aromatic heterocycles. The summed E-state index contributed by atoms with van der Waals surface area (Å²) in [6.45, 7) is 0.142. The Bertz CT molecular complexity index is 1310. The van der Waals surface area contributed by atoms with Gasteiger partial charge in [0.2, 0.25) is 10.0 Å². The average Bonchev–Trinajstić information content (AvgIpc) is 3.26. The summed E-state index contributed by atoms with van der Waals surface area (Å²) in [5, 5.41) is 7.77. The second-order valence-electron chi connectivity index (χ2n) is 6.40. The van der Waals surface area contributed by atoms with E-state index in [2.05, 4.69) is 5.32 Å². The number of halogens is 1. The van der Waals surface area contributed by atoms with E-state index in [0.29, 0.717) is 22.4 Å². The Hall–Kier alpha value is -3.43. The smallest absolute Gasteiger partial charge is 0.272 e. The zero-order chi connectivity index (χ0) is 20.6. The Kier molecular flexibility index (Phi) is 4.69. The third-order valence-corrected chi connectivity index (χ3v) is 5.41. The van der Waals surface area contributed by atoms with E-state index in [-0.39, 0.29) is 23.0 Å². The van der Waals surface area contributed by atoms with Gasteiger partial charge in [-0.05, 0) is 30.3 Å². The van der Waals surface area contributed by atoms with Crippen molar-refractivity contribution in [2.24, 2.45) is 5.14 Å². The van der Waals surface area contributed by atoms with Crippen LogP contribution in [0, 0.1) is 5.82 Å². The van der Waals surface area contributed by atoms with Gasteiger partial charge in [0.15, 0.2) is 5.58 Å². The molecule has 4 rings (SSSR count). The average molecular weight is 413 g/mol. The van der Waals surface area contributed by atoms with Crippen LogP contribution in [0.3, 0.4) is 0 Å². The SMILES string of the molecule is NS(=O)(=O)c1ccc(NC(=O)c2cc3occc3n2Cc2ccccc2F)cc1. The lowest BCUT2D eigenvalue weighted by atomic mass is 10.2. The molecule has 0 aliphatic carbocycles. The number of furan rings is 1. The van der Waals surface area contributed by atoms with Crippen LogP contribution in [0.15, 0.2) is 76.2 Å². The monoisotopic (exact) mass is 413 g/mol. The van der Waals surface area contributed by atoms with Crippen molar-refractivity contribution in [3.05, 3.63) is 84.0 Å². The van der Waals surface area contributed by atoms with E-state index in [1.54, 1.807) is 34.9 Å². The van der Waals surface area contributed by atoms with E-state index in [1.165, 1.54) is 36.6 Å². The van der Waals surface area contributed by atoms with Gasteiger partial charge >= 0.3 is 0 Å². The molecule has 2 aromatic carbocycles. The number of aromatic nitrogens is 1. The maximum atomic E-state index is 14.1. The maximum absolute atomic E-state index is 14.1. The van der Waals surface area contributed by atoms with Gasteiger partial charge in [-0.15, -0.1) is 0 Å². The van der Waals surface area contributed by atoms with Crippen LogP contribution in [0.1, 0.15) is 16.1 Å². The number of benzene rings is 2. The second kappa shape index (κ2) is 7.19. The van der Waals surface area contributed by atoms with Gasteiger partial charge in [0.25, 0.3) is 5.91 Å². The predicted octanol–water partition coefficient (Wildman–Crippen LogP) is 3.32. The van der Waals surface area contributed by atoms with E-state index in [0.717, 1.165) is 0 Å². The number of fused-ring (bicyclic) bond motifs is 1. The van der Waals surface area contributed by atoms with Gasteiger partial charge in [-0.1, -0.05) is 18.2 Å². The van der Waals surface area contributed by atoms with Crippen molar-refractivity contribution < 1.29 is 22.0 Å². The first-order valence-electron chi connectivity index (χ1n) is 8.57. The van der Waals surface area contributed by atoms with Crippen LogP contribution in [0.5, 0.6) is 0 Å². The molecule has 0 spiro atoms. The van der Waals surface area contributed by atoms with Crippen molar-refractivity contribution >= 4 is 32.7 Å². The normalized spacial score (nSPS) is 11.7. The largest absolute Gasteiger partial charge is 0.463 e. The molecule has 29 heavy (non-hydrogen) atoms. The van der Waals surface area contributed by atoms with Crippen LogP contribution in [0.2, 0.25) is 0 Å². The summed E-state index contributed by atoms with van der Waals surface area (Å²) >= 11 is 0. The third kappa shape index (κ3) is 3.78. The van der Waals surface area contributed by atoms with Crippen molar-refractivity contribution in [2.45, 2.75) is 11.4 Å². The van der Waals surface area contributed by atoms with Crippen molar-refractivity contribution in [1.29, 1.82) is 0 Å². The quantitative estimate of drug-likeness (QED) is 0.523. The van der Waals surface area contributed by atoms with Gasteiger partial charge in [0, 0.05) is 23.4 Å². The molecule has 0 unspecified atom stereocenters. The zero-order valence-electron chi connectivity index (χ0n) is 15.0. The fraction of sp³-hybridized carbons (Fsp3) is 0.0500. The zero-order valence-corrected chi connectivity index (χ0v) is 15.8. The Balaban J connectivity index is 1.66. The number of anilines is 1. The summed E-state index contributed by atoms with van der Waals surface area (Å²) in [6, 6.07) is 15.1. The summed E-state index contributed by atoms with van der Waals surface area (Å²) in [4.78, 5) is 12.8. The number of carbonyl (C=O) groups excluding carboxylic acids is 1. The van der Waals surface area contributed by atoms with Gasteiger partial charge in [0.1, 0.15) is 11.5 Å². The number of carbonyl (C=O) groups is 1. The summed E-state index contributed by atoms with van der Waals surface area (Å²) in [7, 11) is -3.82. The fourth-order valence-electron chi connectivity index (χ4n) is 3.06. The summed E-state index contributed by atoms with van der Waals surface area (Å²) < 4.78 is 43.9. The number of hydrogen-bond donors (Lipinski definition) is 2. The number of nitrogens with zero attached hydrogens (tertiary/aromatic N) is 1. The molecule has 4 aromatic rings. The first-order chi connectivity index (χ1) is 13.8. The number of primary sulfonamides is 1. The lowest BCUT2D eigenvalue weighted by Crippen LogP contribution is -2.18. The summed E-state index contributed by atoms with van der Waals surface area (Å²) in [6.07, 6.45) is 1.50. The van der Waals surface area contributed by atoms with Crippen LogP contribution in [-0.2, 0) is 16.6 Å². The third-order valence-electron chi connectivity index (χ3n) is 4.48. The van der Waals surface area contributed by atoms with Crippen LogP contribution < -0.4 is 10.5 Å². The minimum Gasteiger partial charge on any atom is -0.463 e. The molecule has 1 amide bonds. The predicted molar refractivity (Wildman–Crippen MR) is 105 cm³/mol. The van der Waals surface area contributed by atoms with Crippen molar-refractivity contribution in [2.75, 3.05) is 5.32 Å². The van der Waals surface area contributed by atoms with E-state index in [1.807, 2.05) is 0 Å². The van der Waals surface area contributed by atoms with Crippen LogP contribution in [-0.4, -0.2) is 18.9 Å². The number of nitrogens with one attached hydrogen (secondary N) is 1. The molecule has 0 fully saturated rings. The molecular formula is C20H16FN3O4S. The van der Waals surface area contributed by atoms with Gasteiger partial charge in [-0.2, -0.15) is 0 Å². The fourth-order valence-corrected chi connectivity index (χ4v) is 3.57. The molecule has 2 heterocycles. The van der Waals surface area contributed by atoms with E-state index in [4.69, 9.17) is 9.56 Å². The standard InChI is InChI=1S/C20H16FN3O4S/c21-16-4-2-1-3-13(16)12-24-17-9-10-28-19(17)11-18(24)20(25)23-14-5-7-15(8-6-14)29(22,26)27/h1-11H,12H2,(H,23,25)(H2,22,26,27). The highest BCUT2D eigenvalue weighted by molar-refractivity contribution is 7.89. The van der Waals surface area contributed by atoms with Gasteiger partial charge < -0.3 is 14.3 Å². The minimum atomic E-state index is -3.82. The minimum absolute atomic E-state index is 0.0593. The highest BCUT2D eigenvalue weighted by Crippen LogP contribution is 2.24. The van der Waals surface area contributed by atoms with Gasteiger partial charge in [-0.25, -0.2) is 17.9 Å². The first-order valence-corrected chi connectivity index (χ1v) is 10.1. The maximum Gasteiger partial charge on any atom is 0.272 e. The molecule has 7 nitrogen and oxygen atoms in total. The Morgan fingerprint density at radius 1 is 1.10 bits per heavy atom. The van der Waals surface area contributed by atoms with E-state index in [9.17, 15) is 17.6 Å². The molecule has 0 radical (unpaired) electrons. The molecule has 0 atom stereocenters. The van der Waals surface area contributed by atoms with E-state index >= 15 is 0 Å². The summed E-state index contributed by atoms with van der Waals surface area (Å²) in [5.41, 5.74) is 2.24. The number of sulfonamides is 1. The molecule has 0 aliphatic heterocycles. The molecule has 9 heteroatoms. The van der Waals surface area contributed by atoms with Crippen LogP contribution in [0.25, 0.3) is 11.1 Å². The van der Waals surface area contributed by atoms with Gasteiger partial charge in [0.05, 0.1) is 23.2 Å². The van der Waals surface area contributed by atoms with Crippen molar-refractivity contribution in [1.82, 2.24) is 4.57 Å². The topological polar surface area (TPSA) is 107 Å².